The normalized spacial score (nSPS) is 11.1. The highest BCUT2D eigenvalue weighted by molar-refractivity contribution is 7.92. The second-order valence-electron chi connectivity index (χ2n) is 7.43. The fourth-order valence-electron chi connectivity index (χ4n) is 3.27. The van der Waals surface area contributed by atoms with E-state index in [-0.39, 0.29) is 24.7 Å². The van der Waals surface area contributed by atoms with Gasteiger partial charge in [-0.2, -0.15) is 0 Å². The Hall–Kier alpha value is -3.66. The molecule has 0 heterocycles. The van der Waals surface area contributed by atoms with Gasteiger partial charge in [-0.3, -0.25) is 9.10 Å². The van der Waals surface area contributed by atoms with Crippen LogP contribution < -0.4 is 19.1 Å². The van der Waals surface area contributed by atoms with Gasteiger partial charge in [0.1, 0.15) is 11.6 Å². The number of rotatable bonds is 9. The Kier molecular flexibility index (Phi) is 7.72. The molecule has 180 valence electrons. The lowest BCUT2D eigenvalue weighted by atomic mass is 10.1. The third kappa shape index (κ3) is 6.02. The first-order valence-electron chi connectivity index (χ1n) is 10.1. The number of benzene rings is 3. The fraction of sp³-hybridized carbons (Fsp3) is 0.208. The van der Waals surface area contributed by atoms with E-state index < -0.39 is 21.7 Å². The van der Waals surface area contributed by atoms with Gasteiger partial charge in [-0.05, 0) is 47.5 Å². The van der Waals surface area contributed by atoms with Crippen molar-refractivity contribution in [1.29, 1.82) is 0 Å². The van der Waals surface area contributed by atoms with Crippen LogP contribution in [0.3, 0.4) is 0 Å². The van der Waals surface area contributed by atoms with Gasteiger partial charge in [0.25, 0.3) is 5.91 Å². The minimum absolute atomic E-state index is 0.186. The average molecular weight is 491 g/mol. The number of hydrogen-bond acceptors (Lipinski definition) is 5. The Morgan fingerprint density at radius 2 is 1.56 bits per heavy atom. The highest BCUT2D eigenvalue weighted by atomic mass is 32.2. The Balaban J connectivity index is 1.70. The molecule has 0 aliphatic carbocycles. The molecule has 0 radical (unpaired) electrons. The summed E-state index contributed by atoms with van der Waals surface area (Å²) in [7, 11) is -0.795. The lowest BCUT2D eigenvalue weighted by molar-refractivity contribution is 0.0951. The zero-order valence-corrected chi connectivity index (χ0v) is 19.7. The van der Waals surface area contributed by atoms with Crippen molar-refractivity contribution in [3.63, 3.8) is 0 Å². The largest absolute Gasteiger partial charge is 0.493 e. The maximum atomic E-state index is 14.2. The minimum Gasteiger partial charge on any atom is -0.493 e. The Labute approximate surface area is 197 Å². The maximum Gasteiger partial charge on any atom is 0.251 e. The van der Waals surface area contributed by atoms with Crippen LogP contribution in [0.2, 0.25) is 0 Å². The summed E-state index contributed by atoms with van der Waals surface area (Å²) in [5.74, 6) is -0.996. The molecule has 0 atom stereocenters. The van der Waals surface area contributed by atoms with Gasteiger partial charge in [0.15, 0.2) is 11.5 Å². The quantitative estimate of drug-likeness (QED) is 0.492. The molecule has 1 N–H and O–H groups in total. The van der Waals surface area contributed by atoms with E-state index in [1.54, 1.807) is 42.5 Å². The number of hydrogen-bond donors (Lipinski definition) is 1. The SMILES string of the molecule is COc1ccc(CNC(=O)c2ccc(CN(c3ccc(F)cc3F)S(C)(=O)=O)cc2)cc1OC. The predicted octanol–water partition coefficient (Wildman–Crippen LogP) is 3.88. The summed E-state index contributed by atoms with van der Waals surface area (Å²) >= 11 is 0. The van der Waals surface area contributed by atoms with Crippen molar-refractivity contribution >= 4 is 21.6 Å². The molecule has 10 heteroatoms. The molecular weight excluding hydrogens is 466 g/mol. The van der Waals surface area contributed by atoms with Crippen molar-refractivity contribution in [3.8, 4) is 11.5 Å². The summed E-state index contributed by atoms with van der Waals surface area (Å²) in [6.45, 7) is 0.0710. The molecular formula is C24H24F2N2O5S. The number of carbonyl (C=O) groups excluding carboxylic acids is 1. The fourth-order valence-corrected chi connectivity index (χ4v) is 4.16. The molecule has 0 unspecified atom stereocenters. The number of nitrogens with zero attached hydrogens (tertiary/aromatic N) is 1. The van der Waals surface area contributed by atoms with E-state index in [0.29, 0.717) is 28.7 Å². The smallest absolute Gasteiger partial charge is 0.251 e. The van der Waals surface area contributed by atoms with E-state index in [9.17, 15) is 22.0 Å². The van der Waals surface area contributed by atoms with Gasteiger partial charge in [-0.1, -0.05) is 18.2 Å². The van der Waals surface area contributed by atoms with Crippen LogP contribution in [0.25, 0.3) is 0 Å². The summed E-state index contributed by atoms with van der Waals surface area (Å²) in [4.78, 5) is 12.5. The molecule has 1 amide bonds. The monoisotopic (exact) mass is 490 g/mol. The van der Waals surface area contributed by atoms with E-state index in [4.69, 9.17) is 9.47 Å². The zero-order valence-electron chi connectivity index (χ0n) is 18.8. The van der Waals surface area contributed by atoms with Crippen molar-refractivity contribution in [2.45, 2.75) is 13.1 Å². The summed E-state index contributed by atoms with van der Waals surface area (Å²) in [6, 6.07) is 14.2. The number of ether oxygens (including phenoxy) is 2. The summed E-state index contributed by atoms with van der Waals surface area (Å²) in [5, 5.41) is 2.80. The van der Waals surface area contributed by atoms with E-state index in [2.05, 4.69) is 5.32 Å². The highest BCUT2D eigenvalue weighted by Gasteiger charge is 2.22. The first kappa shape index (κ1) is 25.0. The van der Waals surface area contributed by atoms with Gasteiger partial charge < -0.3 is 14.8 Å². The Bertz CT molecular complexity index is 1280. The topological polar surface area (TPSA) is 84.9 Å². The number of carbonyl (C=O) groups is 1. The summed E-state index contributed by atoms with van der Waals surface area (Å²) in [6.07, 6.45) is 0.936. The van der Waals surface area contributed by atoms with Crippen LogP contribution >= 0.6 is 0 Å². The van der Waals surface area contributed by atoms with Crippen molar-refractivity contribution < 1.29 is 31.5 Å². The zero-order chi connectivity index (χ0) is 24.9. The van der Waals surface area contributed by atoms with E-state index in [1.165, 1.54) is 14.2 Å². The van der Waals surface area contributed by atoms with Crippen LogP contribution in [-0.2, 0) is 23.1 Å². The van der Waals surface area contributed by atoms with Crippen LogP contribution in [0, 0.1) is 11.6 Å². The molecule has 0 bridgehead atoms. The second kappa shape index (κ2) is 10.5. The van der Waals surface area contributed by atoms with Crippen LogP contribution in [0.4, 0.5) is 14.5 Å². The number of sulfonamides is 1. The predicted molar refractivity (Wildman–Crippen MR) is 125 cm³/mol. The molecule has 0 aliphatic heterocycles. The van der Waals surface area contributed by atoms with Gasteiger partial charge in [-0.25, -0.2) is 17.2 Å². The molecule has 3 aromatic carbocycles. The van der Waals surface area contributed by atoms with Crippen LogP contribution in [0.1, 0.15) is 21.5 Å². The lowest BCUT2D eigenvalue weighted by Gasteiger charge is -2.23. The van der Waals surface area contributed by atoms with Crippen molar-refractivity contribution in [3.05, 3.63) is 89.0 Å². The molecule has 0 fully saturated rings. The van der Waals surface area contributed by atoms with Gasteiger partial charge in [0.05, 0.1) is 32.7 Å². The lowest BCUT2D eigenvalue weighted by Crippen LogP contribution is -2.30. The molecule has 0 aromatic heterocycles. The third-order valence-electron chi connectivity index (χ3n) is 5.02. The van der Waals surface area contributed by atoms with Crippen molar-refractivity contribution in [1.82, 2.24) is 5.32 Å². The molecule has 3 rings (SSSR count). The number of anilines is 1. The molecule has 3 aromatic rings. The number of methoxy groups -OCH3 is 2. The highest BCUT2D eigenvalue weighted by Crippen LogP contribution is 2.28. The Morgan fingerprint density at radius 1 is 0.912 bits per heavy atom. The van der Waals surface area contributed by atoms with Crippen LogP contribution in [0.5, 0.6) is 11.5 Å². The number of nitrogens with one attached hydrogen (secondary N) is 1. The van der Waals surface area contributed by atoms with Gasteiger partial charge in [0.2, 0.25) is 10.0 Å². The van der Waals surface area contributed by atoms with E-state index in [1.807, 2.05) is 0 Å². The van der Waals surface area contributed by atoms with Gasteiger partial charge in [0, 0.05) is 18.2 Å². The molecule has 0 saturated heterocycles. The average Bonchev–Trinajstić information content (AvgIpc) is 2.81. The van der Waals surface area contributed by atoms with E-state index in [0.717, 1.165) is 28.3 Å². The van der Waals surface area contributed by atoms with E-state index >= 15 is 0 Å². The van der Waals surface area contributed by atoms with Crippen molar-refractivity contribution in [2.75, 3.05) is 24.8 Å². The Morgan fingerprint density at radius 3 is 2.15 bits per heavy atom. The molecule has 7 nitrogen and oxygen atoms in total. The third-order valence-corrected chi connectivity index (χ3v) is 6.15. The van der Waals surface area contributed by atoms with Crippen molar-refractivity contribution in [2.24, 2.45) is 0 Å². The first-order valence-corrected chi connectivity index (χ1v) is 12.0. The standard InChI is InChI=1S/C24H24F2N2O5S/c1-32-22-11-6-17(12-23(22)33-2)14-27-24(29)18-7-4-16(5-8-18)15-28(34(3,30)31)21-10-9-19(25)13-20(21)26/h4-13H,14-15H2,1-3H3,(H,27,29). The molecule has 0 spiro atoms. The van der Waals surface area contributed by atoms with Crippen LogP contribution in [0.15, 0.2) is 60.7 Å². The number of halogens is 2. The second-order valence-corrected chi connectivity index (χ2v) is 9.34. The summed E-state index contributed by atoms with van der Waals surface area (Å²) in [5.41, 5.74) is 1.43. The molecule has 34 heavy (non-hydrogen) atoms. The van der Waals surface area contributed by atoms with Gasteiger partial charge in [-0.15, -0.1) is 0 Å². The first-order chi connectivity index (χ1) is 16.1. The molecule has 0 aliphatic rings. The van der Waals surface area contributed by atoms with Crippen LogP contribution in [-0.4, -0.2) is 34.8 Å². The molecule has 0 saturated carbocycles. The maximum absolute atomic E-state index is 14.2. The van der Waals surface area contributed by atoms with Gasteiger partial charge >= 0.3 is 0 Å². The summed E-state index contributed by atoms with van der Waals surface area (Å²) < 4.78 is 63.2. The minimum atomic E-state index is -3.86. The number of amides is 1.